The summed E-state index contributed by atoms with van der Waals surface area (Å²) in [5.74, 6) is 0.551. The molecule has 1 amide bonds. The molecule has 3 heterocycles. The summed E-state index contributed by atoms with van der Waals surface area (Å²) >= 11 is 7.52. The average Bonchev–Trinajstić information content (AvgIpc) is 3.34. The number of likely N-dealkylation sites (tertiary alicyclic amines) is 1. The maximum atomic E-state index is 12.9. The molecule has 1 atom stereocenters. The van der Waals surface area contributed by atoms with Crippen molar-refractivity contribution in [2.75, 3.05) is 6.54 Å². The minimum atomic E-state index is -0.0843. The molecule has 4 rings (SSSR count). The fourth-order valence-corrected chi connectivity index (χ4v) is 3.90. The summed E-state index contributed by atoms with van der Waals surface area (Å²) < 4.78 is 5.34. The highest BCUT2D eigenvalue weighted by molar-refractivity contribution is 7.13. The van der Waals surface area contributed by atoms with Crippen LogP contribution in [-0.4, -0.2) is 22.5 Å². The second-order valence-corrected chi connectivity index (χ2v) is 7.15. The maximum absolute atomic E-state index is 12.9. The Morgan fingerprint density at radius 1 is 1.29 bits per heavy atom. The molecule has 0 N–H and O–H groups in total. The van der Waals surface area contributed by atoms with Crippen LogP contribution in [0.15, 0.2) is 52.4 Å². The third-order valence-corrected chi connectivity index (χ3v) is 5.40. The Morgan fingerprint density at radius 3 is 2.88 bits per heavy atom. The molecule has 0 spiro atoms. The smallest absolute Gasteiger partial charge is 0.276 e. The third-order valence-electron chi connectivity index (χ3n) is 4.26. The van der Waals surface area contributed by atoms with Crippen LogP contribution in [0.5, 0.6) is 0 Å². The maximum Gasteiger partial charge on any atom is 0.276 e. The number of aromatic nitrogens is 1. The van der Waals surface area contributed by atoms with Crippen molar-refractivity contribution in [3.63, 3.8) is 0 Å². The Morgan fingerprint density at radius 2 is 2.12 bits per heavy atom. The van der Waals surface area contributed by atoms with Gasteiger partial charge in [-0.1, -0.05) is 35.0 Å². The van der Waals surface area contributed by atoms with Crippen LogP contribution in [0.4, 0.5) is 0 Å². The summed E-state index contributed by atoms with van der Waals surface area (Å²) in [4.78, 5) is 15.7. The standard InChI is InChI=1S/C18H15ClN2O2S/c19-13-7-5-12(6-8-13)15-3-1-9-21(15)18(22)14-11-16(23-20-14)17-4-2-10-24-17/h2,4-8,10-11,15H,1,3,9H2/t15-/m1/s1. The fourth-order valence-electron chi connectivity index (χ4n) is 3.10. The molecule has 0 saturated carbocycles. The monoisotopic (exact) mass is 358 g/mol. The predicted molar refractivity (Wildman–Crippen MR) is 94.3 cm³/mol. The number of carbonyl (C=O) groups is 1. The number of thiophene rings is 1. The second kappa shape index (κ2) is 6.42. The molecule has 4 nitrogen and oxygen atoms in total. The normalized spacial score (nSPS) is 17.4. The molecule has 0 aliphatic carbocycles. The summed E-state index contributed by atoms with van der Waals surface area (Å²) in [6.45, 7) is 0.729. The highest BCUT2D eigenvalue weighted by Crippen LogP contribution is 2.34. The third kappa shape index (κ3) is 2.85. The van der Waals surface area contributed by atoms with Crippen molar-refractivity contribution in [2.45, 2.75) is 18.9 Å². The van der Waals surface area contributed by atoms with Crippen molar-refractivity contribution in [2.24, 2.45) is 0 Å². The number of benzene rings is 1. The van der Waals surface area contributed by atoms with Crippen molar-refractivity contribution in [1.82, 2.24) is 10.1 Å². The predicted octanol–water partition coefficient (Wildman–Crippen LogP) is 5.03. The van der Waals surface area contributed by atoms with E-state index >= 15 is 0 Å². The Kier molecular flexibility index (Phi) is 4.12. The number of hydrogen-bond acceptors (Lipinski definition) is 4. The van der Waals surface area contributed by atoms with Crippen molar-refractivity contribution in [3.05, 3.63) is 64.1 Å². The van der Waals surface area contributed by atoms with E-state index in [0.29, 0.717) is 16.5 Å². The van der Waals surface area contributed by atoms with Crippen LogP contribution in [0.2, 0.25) is 5.02 Å². The van der Waals surface area contributed by atoms with Crippen molar-refractivity contribution >= 4 is 28.8 Å². The van der Waals surface area contributed by atoms with Crippen LogP contribution in [0.1, 0.15) is 34.9 Å². The molecule has 2 aromatic heterocycles. The Hall–Kier alpha value is -2.11. The van der Waals surface area contributed by atoms with Crippen LogP contribution < -0.4 is 0 Å². The van der Waals surface area contributed by atoms with E-state index in [1.54, 1.807) is 17.4 Å². The molecule has 1 fully saturated rings. The van der Waals surface area contributed by atoms with Gasteiger partial charge in [-0.05, 0) is 42.0 Å². The van der Waals surface area contributed by atoms with E-state index in [9.17, 15) is 4.79 Å². The topological polar surface area (TPSA) is 46.3 Å². The molecule has 3 aromatic rings. The van der Waals surface area contributed by atoms with E-state index in [0.717, 1.165) is 29.8 Å². The molecule has 0 bridgehead atoms. The highest BCUT2D eigenvalue weighted by atomic mass is 35.5. The van der Waals surface area contributed by atoms with Gasteiger partial charge >= 0.3 is 0 Å². The average molecular weight is 359 g/mol. The van der Waals surface area contributed by atoms with Gasteiger partial charge in [-0.3, -0.25) is 4.79 Å². The SMILES string of the molecule is O=C(c1cc(-c2cccs2)on1)N1CCC[C@@H]1c1ccc(Cl)cc1. The number of carbonyl (C=O) groups excluding carboxylic acids is 1. The molecular formula is C18H15ClN2O2S. The quantitative estimate of drug-likeness (QED) is 0.659. The van der Waals surface area contributed by atoms with Crippen molar-refractivity contribution in [1.29, 1.82) is 0 Å². The fraction of sp³-hybridized carbons (Fsp3) is 0.222. The molecular weight excluding hydrogens is 344 g/mol. The summed E-state index contributed by atoms with van der Waals surface area (Å²) in [6.07, 6.45) is 1.93. The van der Waals surface area contributed by atoms with E-state index in [4.69, 9.17) is 16.1 Å². The molecule has 6 heteroatoms. The van der Waals surface area contributed by atoms with E-state index in [-0.39, 0.29) is 11.9 Å². The van der Waals surface area contributed by atoms with E-state index in [2.05, 4.69) is 5.16 Å². The Bertz CT molecular complexity index is 842. The first kappa shape index (κ1) is 15.4. The molecule has 1 aliphatic rings. The first-order chi connectivity index (χ1) is 11.7. The van der Waals surface area contributed by atoms with Gasteiger partial charge in [0.25, 0.3) is 5.91 Å². The van der Waals surface area contributed by atoms with Gasteiger partial charge in [0.1, 0.15) is 0 Å². The number of hydrogen-bond donors (Lipinski definition) is 0. The van der Waals surface area contributed by atoms with Gasteiger partial charge in [0.2, 0.25) is 0 Å². The van der Waals surface area contributed by atoms with Gasteiger partial charge in [-0.25, -0.2) is 0 Å². The molecule has 24 heavy (non-hydrogen) atoms. The zero-order chi connectivity index (χ0) is 16.5. The van der Waals surface area contributed by atoms with E-state index in [1.165, 1.54) is 0 Å². The van der Waals surface area contributed by atoms with Crippen LogP contribution in [0.25, 0.3) is 10.6 Å². The lowest BCUT2D eigenvalue weighted by Crippen LogP contribution is -2.30. The van der Waals surface area contributed by atoms with Gasteiger partial charge in [-0.2, -0.15) is 0 Å². The lowest BCUT2D eigenvalue weighted by atomic mass is 10.0. The lowest BCUT2D eigenvalue weighted by Gasteiger charge is -2.24. The molecule has 122 valence electrons. The van der Waals surface area contributed by atoms with Crippen LogP contribution >= 0.6 is 22.9 Å². The summed E-state index contributed by atoms with van der Waals surface area (Å²) in [7, 11) is 0. The molecule has 1 saturated heterocycles. The Labute approximate surface area is 148 Å². The summed E-state index contributed by atoms with van der Waals surface area (Å²) in [5.41, 5.74) is 1.46. The zero-order valence-electron chi connectivity index (χ0n) is 12.8. The van der Waals surface area contributed by atoms with Crippen LogP contribution in [0, 0.1) is 0 Å². The number of rotatable bonds is 3. The molecule has 1 aliphatic heterocycles. The summed E-state index contributed by atoms with van der Waals surface area (Å²) in [5, 5.41) is 6.65. The molecule has 0 radical (unpaired) electrons. The van der Waals surface area contributed by atoms with Gasteiger partial charge in [-0.15, -0.1) is 11.3 Å². The zero-order valence-corrected chi connectivity index (χ0v) is 14.4. The summed E-state index contributed by atoms with van der Waals surface area (Å²) in [6, 6.07) is 13.4. The van der Waals surface area contributed by atoms with Crippen LogP contribution in [0.3, 0.4) is 0 Å². The lowest BCUT2D eigenvalue weighted by molar-refractivity contribution is 0.0725. The molecule has 1 aromatic carbocycles. The van der Waals surface area contributed by atoms with E-state index in [1.807, 2.05) is 46.7 Å². The number of halogens is 1. The minimum absolute atomic E-state index is 0.0663. The van der Waals surface area contributed by atoms with Crippen molar-refractivity contribution < 1.29 is 9.32 Å². The largest absolute Gasteiger partial charge is 0.355 e. The van der Waals surface area contributed by atoms with E-state index < -0.39 is 0 Å². The van der Waals surface area contributed by atoms with Gasteiger partial charge in [0, 0.05) is 17.6 Å². The van der Waals surface area contributed by atoms with Crippen LogP contribution in [-0.2, 0) is 0 Å². The minimum Gasteiger partial charge on any atom is -0.355 e. The van der Waals surface area contributed by atoms with Gasteiger partial charge in [0.05, 0.1) is 10.9 Å². The number of nitrogens with zero attached hydrogens (tertiary/aromatic N) is 2. The van der Waals surface area contributed by atoms with Crippen molar-refractivity contribution in [3.8, 4) is 10.6 Å². The highest BCUT2D eigenvalue weighted by Gasteiger charge is 2.32. The molecule has 0 unspecified atom stereocenters. The second-order valence-electron chi connectivity index (χ2n) is 5.76. The first-order valence-electron chi connectivity index (χ1n) is 7.79. The number of amides is 1. The Balaban J connectivity index is 1.58. The first-order valence-corrected chi connectivity index (χ1v) is 9.05. The van der Waals surface area contributed by atoms with Gasteiger partial charge in [0.15, 0.2) is 11.5 Å². The van der Waals surface area contributed by atoms with Gasteiger partial charge < -0.3 is 9.42 Å².